The van der Waals surface area contributed by atoms with Crippen LogP contribution in [0.1, 0.15) is 62.2 Å². The Kier molecular flexibility index (Phi) is 18.3. The van der Waals surface area contributed by atoms with Gasteiger partial charge in [-0.3, -0.25) is 19.8 Å². The van der Waals surface area contributed by atoms with Crippen molar-refractivity contribution in [2.24, 2.45) is 0 Å². The minimum Gasteiger partial charge on any atom is -0.463 e. The highest BCUT2D eigenvalue weighted by Gasteiger charge is 2.59. The van der Waals surface area contributed by atoms with Crippen molar-refractivity contribution < 1.29 is 85.7 Å². The minimum atomic E-state index is -2.53. The highest BCUT2D eigenvalue weighted by molar-refractivity contribution is 6.76. The number of hydrogen-bond acceptors (Lipinski definition) is 19. The maximum Gasteiger partial charge on any atom is 0.338 e. The van der Waals surface area contributed by atoms with Crippen molar-refractivity contribution >= 4 is 82.5 Å². The summed E-state index contributed by atoms with van der Waals surface area (Å²) in [7, 11) is 0. The first kappa shape index (κ1) is 52.8. The number of nitrogens with one attached hydrogen (secondary N) is 1. The molecule has 70 heavy (non-hydrogen) atoms. The van der Waals surface area contributed by atoms with Gasteiger partial charge in [0.2, 0.25) is 12.2 Å². The zero-order valence-electron chi connectivity index (χ0n) is 37.2. The molecule has 0 amide bonds. The van der Waals surface area contributed by atoms with Crippen LogP contribution in [0.15, 0.2) is 121 Å². The maximum atomic E-state index is 14.2. The second-order valence-electron chi connectivity index (χ2n) is 15.3. The molecule has 370 valence electrons. The highest BCUT2D eigenvalue weighted by atomic mass is 35.6. The van der Waals surface area contributed by atoms with Crippen LogP contribution in [-0.2, 0) is 66.5 Å². The zero-order valence-corrected chi connectivity index (χ0v) is 39.5. The number of hydrogen-bond donors (Lipinski definition) is 1. The number of alkyl halides is 3. The summed E-state index contributed by atoms with van der Waals surface area (Å²) in [5, 5.41) is 8.37. The Hall–Kier alpha value is -6.61. The molecule has 10 atom stereocenters. The number of ether oxygens (including phenoxy) is 11. The fourth-order valence-electron chi connectivity index (χ4n) is 7.09. The summed E-state index contributed by atoms with van der Waals surface area (Å²) in [6, 6.07) is 30.4. The highest BCUT2D eigenvalue weighted by Crippen LogP contribution is 2.38. The van der Waals surface area contributed by atoms with E-state index in [9.17, 15) is 33.6 Å². The van der Waals surface area contributed by atoms with E-state index in [0.717, 1.165) is 20.8 Å². The first-order valence-corrected chi connectivity index (χ1v) is 22.3. The average Bonchev–Trinajstić information content (AvgIpc) is 3.33. The lowest BCUT2D eigenvalue weighted by Gasteiger charge is -2.48. The molecule has 0 aromatic heterocycles. The molecule has 19 nitrogen and oxygen atoms in total. The predicted octanol–water partition coefficient (Wildman–Crippen LogP) is 6.15. The van der Waals surface area contributed by atoms with E-state index in [1.165, 1.54) is 60.7 Å². The van der Waals surface area contributed by atoms with Crippen LogP contribution in [-0.4, -0.2) is 126 Å². The number of carbonyl (C=O) groups is 7. The molecule has 2 fully saturated rings. The van der Waals surface area contributed by atoms with Crippen molar-refractivity contribution in [3.8, 4) is 0 Å². The fourth-order valence-corrected chi connectivity index (χ4v) is 7.22. The summed E-state index contributed by atoms with van der Waals surface area (Å²) < 4.78 is 62.8. The van der Waals surface area contributed by atoms with Crippen LogP contribution in [0.2, 0.25) is 0 Å². The molecule has 6 rings (SSSR count). The number of rotatable bonds is 16. The molecule has 2 saturated heterocycles. The number of benzene rings is 4. The normalized spacial score (nSPS) is 24.1. The molecular weight excluding hydrogens is 985 g/mol. The van der Waals surface area contributed by atoms with E-state index in [2.05, 4.69) is 0 Å². The van der Waals surface area contributed by atoms with E-state index in [1.54, 1.807) is 60.7 Å². The van der Waals surface area contributed by atoms with Crippen LogP contribution >= 0.6 is 34.8 Å². The Morgan fingerprint density at radius 3 is 1.23 bits per heavy atom. The van der Waals surface area contributed by atoms with Crippen LogP contribution < -0.4 is 0 Å². The van der Waals surface area contributed by atoms with Crippen molar-refractivity contribution in [2.45, 2.75) is 86.0 Å². The van der Waals surface area contributed by atoms with Crippen LogP contribution in [0.25, 0.3) is 0 Å². The molecule has 4 aromatic rings. The number of halogens is 3. The Morgan fingerprint density at radius 1 is 0.443 bits per heavy atom. The second-order valence-corrected chi connectivity index (χ2v) is 17.5. The molecule has 1 N–H and O–H groups in total. The Bertz CT molecular complexity index is 2480. The van der Waals surface area contributed by atoms with Crippen molar-refractivity contribution in [1.29, 1.82) is 5.41 Å². The summed E-state index contributed by atoms with van der Waals surface area (Å²) in [5.41, 5.74) is 0.0751. The zero-order chi connectivity index (χ0) is 50.5. The lowest BCUT2D eigenvalue weighted by atomic mass is 9.95. The van der Waals surface area contributed by atoms with E-state index >= 15 is 0 Å². The van der Waals surface area contributed by atoms with Gasteiger partial charge in [-0.25, -0.2) is 19.2 Å². The predicted molar refractivity (Wildman–Crippen MR) is 243 cm³/mol. The molecule has 0 bridgehead atoms. The Labute approximate surface area is 414 Å². The van der Waals surface area contributed by atoms with Crippen molar-refractivity contribution in [3.05, 3.63) is 144 Å². The smallest absolute Gasteiger partial charge is 0.338 e. The monoisotopic (exact) mass is 1030 g/mol. The largest absolute Gasteiger partial charge is 0.463 e. The lowest BCUT2D eigenvalue weighted by molar-refractivity contribution is -0.353. The molecule has 0 aliphatic carbocycles. The van der Waals surface area contributed by atoms with Gasteiger partial charge in [-0.05, 0) is 48.5 Å². The lowest BCUT2D eigenvalue weighted by Crippen LogP contribution is -2.67. The van der Waals surface area contributed by atoms with Gasteiger partial charge in [-0.15, -0.1) is 0 Å². The Morgan fingerprint density at radius 2 is 0.800 bits per heavy atom. The van der Waals surface area contributed by atoms with E-state index in [1.807, 2.05) is 0 Å². The third-order valence-electron chi connectivity index (χ3n) is 10.2. The summed E-state index contributed by atoms with van der Waals surface area (Å²) in [5.74, 6) is -7.84. The number of carbonyl (C=O) groups excluding carboxylic acids is 7. The van der Waals surface area contributed by atoms with E-state index in [-0.39, 0.29) is 22.3 Å². The van der Waals surface area contributed by atoms with Crippen LogP contribution in [0.5, 0.6) is 0 Å². The fraction of sp³-hybridized carbons (Fsp3) is 0.333. The van der Waals surface area contributed by atoms with Gasteiger partial charge in [-0.1, -0.05) is 108 Å². The van der Waals surface area contributed by atoms with Gasteiger partial charge in [-0.2, -0.15) is 0 Å². The minimum absolute atomic E-state index is 0.0150. The van der Waals surface area contributed by atoms with Crippen molar-refractivity contribution in [1.82, 2.24) is 0 Å². The third kappa shape index (κ3) is 14.2. The van der Waals surface area contributed by atoms with Gasteiger partial charge in [0.1, 0.15) is 31.5 Å². The van der Waals surface area contributed by atoms with E-state index < -0.39 is 126 Å². The SMILES string of the molecule is CC(=O)OC[C@H]1O[C@H](OC(=N)C(Cl)(Cl)Cl)[C@@H](OC(C)=O)[C@@H](O[C@H]2O[C@H](COC(=O)c3ccccc3)[C@@H](OC(=O)c3ccccc3)[C@H](OC(=O)c3ccccc3)[C@@H]2OC(=O)c2ccccc2)[C@@H]1OC(C)=O. The molecule has 0 radical (unpaired) electrons. The first-order valence-electron chi connectivity index (χ1n) is 21.2. The third-order valence-corrected chi connectivity index (χ3v) is 10.7. The van der Waals surface area contributed by atoms with Gasteiger partial charge < -0.3 is 52.1 Å². The van der Waals surface area contributed by atoms with Gasteiger partial charge in [0.15, 0.2) is 36.8 Å². The molecule has 0 saturated carbocycles. The Balaban J connectivity index is 1.54. The van der Waals surface area contributed by atoms with Crippen molar-refractivity contribution in [3.63, 3.8) is 0 Å². The standard InChI is InChI=1S/C48H44Cl3NO18/c1-26(53)60-24-33-35(62-27(2)54)38(39(63-28(3)55)46(65-33)70-47(52)48(49,50)51)69-45-40(68-44(59)32-22-14-7-15-23-32)37(67-43(58)31-20-12-6-13-21-31)36(66-42(57)30-18-10-5-11-19-30)34(64-45)25-61-41(56)29-16-8-4-9-17-29/h4-23,33-40,45-46,52H,24-25H2,1-3H3/t33-,34-,35-,36-,37+,38+,39+,40+,45-,46-/m1/s1. The summed E-state index contributed by atoms with van der Waals surface area (Å²) in [4.78, 5) is 93.9. The van der Waals surface area contributed by atoms with E-state index in [4.69, 9.17) is 92.3 Å². The molecule has 4 aromatic carbocycles. The van der Waals surface area contributed by atoms with Crippen LogP contribution in [0.3, 0.4) is 0 Å². The van der Waals surface area contributed by atoms with Crippen molar-refractivity contribution in [2.75, 3.05) is 13.2 Å². The quantitative estimate of drug-likeness (QED) is 0.0435. The molecule has 0 spiro atoms. The van der Waals surface area contributed by atoms with Crippen LogP contribution in [0, 0.1) is 5.41 Å². The molecule has 2 aliphatic rings. The molecule has 2 aliphatic heterocycles. The van der Waals surface area contributed by atoms with Crippen LogP contribution in [0.4, 0.5) is 0 Å². The first-order chi connectivity index (χ1) is 33.4. The topological polar surface area (TPSA) is 245 Å². The average molecular weight is 1030 g/mol. The molecule has 22 heteroatoms. The second kappa shape index (κ2) is 24.3. The summed E-state index contributed by atoms with van der Waals surface area (Å²) >= 11 is 17.9. The summed E-state index contributed by atoms with van der Waals surface area (Å²) in [6.45, 7) is 1.57. The molecule has 0 unspecified atom stereocenters. The van der Waals surface area contributed by atoms with E-state index in [0.29, 0.717) is 0 Å². The molecule has 2 heterocycles. The van der Waals surface area contributed by atoms with Gasteiger partial charge in [0.25, 0.3) is 3.79 Å². The van der Waals surface area contributed by atoms with Gasteiger partial charge in [0.05, 0.1) is 22.3 Å². The van der Waals surface area contributed by atoms with Gasteiger partial charge >= 0.3 is 41.8 Å². The van der Waals surface area contributed by atoms with Gasteiger partial charge in [0, 0.05) is 20.8 Å². The summed E-state index contributed by atoms with van der Waals surface area (Å²) in [6.07, 6.45) is -18.8. The number of esters is 7. The maximum absolute atomic E-state index is 14.2. The molecular formula is C48H44Cl3NO18.